The highest BCUT2D eigenvalue weighted by Crippen LogP contribution is 2.01. The lowest BCUT2D eigenvalue weighted by molar-refractivity contribution is -0.116. The zero-order valence-corrected chi connectivity index (χ0v) is 7.23. The van der Waals surface area contributed by atoms with E-state index >= 15 is 0 Å². The molecule has 0 aliphatic heterocycles. The predicted molar refractivity (Wildman–Crippen MR) is 39.6 cm³/mol. The molecule has 10 heavy (non-hydrogen) atoms. The van der Waals surface area contributed by atoms with Gasteiger partial charge in [0.05, 0.1) is 0 Å². The van der Waals surface area contributed by atoms with Gasteiger partial charge < -0.3 is 0 Å². The molecule has 0 amide bonds. The minimum absolute atomic E-state index is 0.0355. The second-order valence-electron chi connectivity index (χ2n) is 2.20. The second kappa shape index (κ2) is 3.14. The maximum absolute atomic E-state index is 10.9. The summed E-state index contributed by atoms with van der Waals surface area (Å²) in [5.74, 6) is -0.254. The fourth-order valence-electron chi connectivity index (χ4n) is 0.503. The number of ketones is 1. The molecule has 0 aromatic heterocycles. The van der Waals surface area contributed by atoms with Crippen molar-refractivity contribution in [2.75, 3.05) is 5.75 Å². The van der Waals surface area contributed by atoms with Crippen molar-refractivity contribution in [3.05, 3.63) is 0 Å². The smallest absolute Gasteiger partial charge is 0.159 e. The molecule has 0 aliphatic carbocycles. The summed E-state index contributed by atoms with van der Waals surface area (Å²) < 4.78 is 21.8. The van der Waals surface area contributed by atoms with Crippen LogP contribution in [0.25, 0.3) is 0 Å². The molecule has 60 valence electrons. The molecule has 0 radical (unpaired) electrons. The van der Waals surface area contributed by atoms with E-state index < -0.39 is 15.1 Å². The van der Waals surface area contributed by atoms with Crippen LogP contribution in [0.2, 0.25) is 0 Å². The molecular formula is C6H12O3S. The van der Waals surface area contributed by atoms with Crippen LogP contribution in [0.1, 0.15) is 20.8 Å². The zero-order chi connectivity index (χ0) is 8.36. The molecule has 0 aliphatic rings. The van der Waals surface area contributed by atoms with Gasteiger partial charge in [-0.25, -0.2) is 8.42 Å². The molecule has 0 aromatic rings. The normalized spacial score (nSPS) is 14.7. The highest BCUT2D eigenvalue weighted by atomic mass is 32.2. The van der Waals surface area contributed by atoms with Crippen molar-refractivity contribution in [1.29, 1.82) is 0 Å². The summed E-state index contributed by atoms with van der Waals surface area (Å²) in [6.07, 6.45) is 0. The number of Topliss-reactive ketones (excluding diaryl/α,β-unsaturated/α-hetero) is 1. The van der Waals surface area contributed by atoms with Gasteiger partial charge >= 0.3 is 0 Å². The topological polar surface area (TPSA) is 51.2 Å². The fourth-order valence-corrected chi connectivity index (χ4v) is 1.51. The number of hydrogen-bond donors (Lipinski definition) is 0. The first-order valence-electron chi connectivity index (χ1n) is 3.13. The van der Waals surface area contributed by atoms with E-state index in [1.54, 1.807) is 0 Å². The van der Waals surface area contributed by atoms with Gasteiger partial charge in [0.15, 0.2) is 9.84 Å². The van der Waals surface area contributed by atoms with Crippen molar-refractivity contribution in [1.82, 2.24) is 0 Å². The Morgan fingerprint density at radius 2 is 1.90 bits per heavy atom. The lowest BCUT2D eigenvalue weighted by Crippen LogP contribution is -2.26. The molecule has 0 N–H and O–H groups in total. The summed E-state index contributed by atoms with van der Waals surface area (Å²) in [6.45, 7) is 4.24. The first-order valence-corrected chi connectivity index (χ1v) is 4.85. The van der Waals surface area contributed by atoms with Gasteiger partial charge in [-0.3, -0.25) is 4.79 Å². The summed E-state index contributed by atoms with van der Waals surface area (Å²) in [5, 5.41) is -0.836. The Hall–Kier alpha value is -0.380. The zero-order valence-electron chi connectivity index (χ0n) is 6.42. The van der Waals surface area contributed by atoms with Crippen LogP contribution in [0.15, 0.2) is 0 Å². The van der Waals surface area contributed by atoms with Gasteiger partial charge in [-0.2, -0.15) is 0 Å². The summed E-state index contributed by atoms with van der Waals surface area (Å²) in [7, 11) is -3.15. The summed E-state index contributed by atoms with van der Waals surface area (Å²) in [5.41, 5.74) is 0. The third-order valence-electron chi connectivity index (χ3n) is 1.51. The van der Waals surface area contributed by atoms with Gasteiger partial charge in [0, 0.05) is 5.75 Å². The minimum Gasteiger partial charge on any atom is -0.299 e. The van der Waals surface area contributed by atoms with Gasteiger partial charge in [0.1, 0.15) is 11.0 Å². The van der Waals surface area contributed by atoms with Crippen LogP contribution in [0.3, 0.4) is 0 Å². The van der Waals surface area contributed by atoms with Crippen LogP contribution in [0.5, 0.6) is 0 Å². The van der Waals surface area contributed by atoms with Crippen molar-refractivity contribution in [2.45, 2.75) is 26.0 Å². The fraction of sp³-hybridized carbons (Fsp3) is 0.833. The van der Waals surface area contributed by atoms with E-state index in [1.807, 2.05) is 0 Å². The molecule has 4 heteroatoms. The standard InChI is InChI=1S/C6H12O3S/c1-4-10(8,9)6(3)5(2)7/h6H,4H2,1-3H3. The molecule has 0 spiro atoms. The summed E-state index contributed by atoms with van der Waals surface area (Å²) in [6, 6.07) is 0. The van der Waals surface area contributed by atoms with E-state index in [0.29, 0.717) is 0 Å². The van der Waals surface area contributed by atoms with Crippen LogP contribution >= 0.6 is 0 Å². The van der Waals surface area contributed by atoms with Crippen LogP contribution in [0, 0.1) is 0 Å². The molecule has 0 fully saturated rings. The van der Waals surface area contributed by atoms with Gasteiger partial charge in [0.25, 0.3) is 0 Å². The van der Waals surface area contributed by atoms with Crippen molar-refractivity contribution in [3.63, 3.8) is 0 Å². The molecule has 1 unspecified atom stereocenters. The Morgan fingerprint density at radius 3 is 2.00 bits per heavy atom. The highest BCUT2D eigenvalue weighted by Gasteiger charge is 2.22. The van der Waals surface area contributed by atoms with Gasteiger partial charge in [-0.1, -0.05) is 6.92 Å². The Bertz CT molecular complexity index is 215. The lowest BCUT2D eigenvalue weighted by Gasteiger charge is -2.05. The second-order valence-corrected chi connectivity index (χ2v) is 4.81. The monoisotopic (exact) mass is 164 g/mol. The minimum atomic E-state index is -3.15. The number of carbonyl (C=O) groups excluding carboxylic acids is 1. The van der Waals surface area contributed by atoms with E-state index in [9.17, 15) is 13.2 Å². The third kappa shape index (κ3) is 2.10. The van der Waals surface area contributed by atoms with E-state index in [2.05, 4.69) is 0 Å². The van der Waals surface area contributed by atoms with Crippen molar-refractivity contribution < 1.29 is 13.2 Å². The SMILES string of the molecule is CCS(=O)(=O)C(C)C(C)=O. The van der Waals surface area contributed by atoms with Crippen molar-refractivity contribution in [2.24, 2.45) is 0 Å². The molecular weight excluding hydrogens is 152 g/mol. The molecule has 0 saturated heterocycles. The number of carbonyl (C=O) groups is 1. The predicted octanol–water partition coefficient (Wildman–Crippen LogP) is 0.399. The molecule has 3 nitrogen and oxygen atoms in total. The molecule has 0 aromatic carbocycles. The van der Waals surface area contributed by atoms with E-state index in [1.165, 1.54) is 20.8 Å². The van der Waals surface area contributed by atoms with Crippen LogP contribution < -0.4 is 0 Å². The highest BCUT2D eigenvalue weighted by molar-refractivity contribution is 7.92. The van der Waals surface area contributed by atoms with Gasteiger partial charge in [0.2, 0.25) is 0 Å². The first-order chi connectivity index (χ1) is 4.41. The molecule has 0 heterocycles. The number of sulfone groups is 1. The summed E-state index contributed by atoms with van der Waals surface area (Å²) >= 11 is 0. The van der Waals surface area contributed by atoms with E-state index in [4.69, 9.17) is 0 Å². The Balaban J connectivity index is 4.51. The van der Waals surface area contributed by atoms with E-state index in [-0.39, 0.29) is 11.5 Å². The third-order valence-corrected chi connectivity index (χ3v) is 3.73. The quantitative estimate of drug-likeness (QED) is 0.606. The van der Waals surface area contributed by atoms with Gasteiger partial charge in [-0.15, -0.1) is 0 Å². The molecule has 0 rings (SSSR count). The van der Waals surface area contributed by atoms with Crippen LogP contribution in [-0.2, 0) is 14.6 Å². The Kier molecular flexibility index (Phi) is 3.02. The molecule has 0 bridgehead atoms. The molecule has 1 atom stereocenters. The maximum atomic E-state index is 10.9. The van der Waals surface area contributed by atoms with Crippen molar-refractivity contribution in [3.8, 4) is 0 Å². The largest absolute Gasteiger partial charge is 0.299 e. The van der Waals surface area contributed by atoms with E-state index in [0.717, 1.165) is 0 Å². The average molecular weight is 164 g/mol. The van der Waals surface area contributed by atoms with Crippen molar-refractivity contribution >= 4 is 15.6 Å². The lowest BCUT2D eigenvalue weighted by atomic mass is 10.3. The maximum Gasteiger partial charge on any atom is 0.159 e. The van der Waals surface area contributed by atoms with Crippen LogP contribution in [0.4, 0.5) is 0 Å². The molecule has 0 saturated carbocycles. The van der Waals surface area contributed by atoms with Gasteiger partial charge in [-0.05, 0) is 13.8 Å². The Morgan fingerprint density at radius 1 is 1.50 bits per heavy atom. The summed E-state index contributed by atoms with van der Waals surface area (Å²) in [4.78, 5) is 10.6. The number of hydrogen-bond acceptors (Lipinski definition) is 3. The number of rotatable bonds is 3. The first kappa shape index (κ1) is 9.62. The van der Waals surface area contributed by atoms with Crippen LogP contribution in [-0.4, -0.2) is 25.2 Å². The Labute approximate surface area is 61.4 Å². The average Bonchev–Trinajstić information content (AvgIpc) is 1.86.